The van der Waals surface area contributed by atoms with E-state index < -0.39 is 5.91 Å². The van der Waals surface area contributed by atoms with Crippen molar-refractivity contribution in [2.45, 2.75) is 18.6 Å². The molecule has 0 aliphatic rings. The second kappa shape index (κ2) is 7.40. The average Bonchev–Trinajstić information content (AvgIpc) is 2.75. The minimum atomic E-state index is -0.532. The van der Waals surface area contributed by atoms with Crippen LogP contribution in [0.2, 0.25) is 0 Å². The van der Waals surface area contributed by atoms with E-state index in [9.17, 15) is 9.59 Å². The fraction of sp³-hybridized carbons (Fsp3) is 0.455. The maximum Gasteiger partial charge on any atom is 0.251 e. The van der Waals surface area contributed by atoms with E-state index >= 15 is 0 Å². The van der Waals surface area contributed by atoms with Crippen molar-refractivity contribution in [3.63, 3.8) is 0 Å². The van der Waals surface area contributed by atoms with Gasteiger partial charge in [-0.05, 0) is 24.4 Å². The van der Waals surface area contributed by atoms with Gasteiger partial charge in [0.2, 0.25) is 5.91 Å². The van der Waals surface area contributed by atoms with Crippen LogP contribution in [-0.2, 0) is 4.79 Å². The minimum Gasteiger partial charge on any atom is -0.366 e. The maximum atomic E-state index is 11.7. The lowest BCUT2D eigenvalue weighted by atomic mass is 10.3. The molecule has 1 rings (SSSR count). The van der Waals surface area contributed by atoms with Crippen LogP contribution < -0.4 is 16.8 Å². The molecule has 0 aromatic carbocycles. The molecule has 2 amide bonds. The van der Waals surface area contributed by atoms with E-state index in [1.54, 1.807) is 23.2 Å². The highest BCUT2D eigenvalue weighted by Crippen LogP contribution is 2.23. The molecule has 100 valence electrons. The number of nitrogens with two attached hydrogens (primary N) is 2. The maximum absolute atomic E-state index is 11.7. The van der Waals surface area contributed by atoms with Crippen LogP contribution in [0, 0.1) is 0 Å². The number of nitrogens with one attached hydrogen (secondary N) is 1. The molecule has 0 radical (unpaired) electrons. The van der Waals surface area contributed by atoms with Gasteiger partial charge in [0.05, 0.1) is 11.3 Å². The monoisotopic (exact) mass is 287 g/mol. The Morgan fingerprint density at radius 2 is 2.28 bits per heavy atom. The Labute approximate surface area is 114 Å². The van der Waals surface area contributed by atoms with Crippen LogP contribution in [0.25, 0.3) is 0 Å². The number of hydrogen-bond donors (Lipinski definition) is 3. The zero-order valence-electron chi connectivity index (χ0n) is 10.1. The molecule has 1 aromatic heterocycles. The van der Waals surface area contributed by atoms with Gasteiger partial charge < -0.3 is 16.8 Å². The van der Waals surface area contributed by atoms with Crippen molar-refractivity contribution in [2.75, 3.05) is 17.6 Å². The summed E-state index contributed by atoms with van der Waals surface area (Å²) >= 11 is 2.83. The summed E-state index contributed by atoms with van der Waals surface area (Å²) in [4.78, 5) is 22.8. The average molecular weight is 287 g/mol. The number of rotatable bonds is 7. The lowest BCUT2D eigenvalue weighted by Crippen LogP contribution is -2.19. The summed E-state index contributed by atoms with van der Waals surface area (Å²) < 4.78 is 0. The smallest absolute Gasteiger partial charge is 0.251 e. The number of amides is 2. The van der Waals surface area contributed by atoms with Crippen LogP contribution in [0.1, 0.15) is 23.7 Å². The van der Waals surface area contributed by atoms with Crippen LogP contribution >= 0.6 is 23.1 Å². The number of carbonyl (C=O) groups excluding carboxylic acids is 2. The van der Waals surface area contributed by atoms with Crippen LogP contribution in [0.4, 0.5) is 5.00 Å². The Morgan fingerprint density at radius 1 is 1.56 bits per heavy atom. The largest absolute Gasteiger partial charge is 0.366 e. The molecule has 0 fully saturated rings. The molecule has 5 nitrogen and oxygen atoms in total. The molecule has 0 spiro atoms. The first-order chi connectivity index (χ1) is 8.54. The molecule has 0 saturated carbocycles. The summed E-state index contributed by atoms with van der Waals surface area (Å²) in [5.74, 6) is -0.318. The molecular weight excluding hydrogens is 270 g/mol. The van der Waals surface area contributed by atoms with Crippen molar-refractivity contribution in [2.24, 2.45) is 11.5 Å². The molecule has 1 unspecified atom stereocenters. The van der Waals surface area contributed by atoms with E-state index in [2.05, 4.69) is 5.32 Å². The highest BCUT2D eigenvalue weighted by Gasteiger charge is 2.13. The topological polar surface area (TPSA) is 98.2 Å². The number of anilines is 1. The molecule has 18 heavy (non-hydrogen) atoms. The molecule has 1 aromatic rings. The summed E-state index contributed by atoms with van der Waals surface area (Å²) in [6, 6.07) is 1.60. The van der Waals surface area contributed by atoms with Crippen molar-refractivity contribution >= 4 is 39.9 Å². The number of primary amides is 1. The van der Waals surface area contributed by atoms with E-state index in [1.807, 2.05) is 6.92 Å². The molecule has 7 heteroatoms. The molecule has 0 saturated heterocycles. The highest BCUT2D eigenvalue weighted by atomic mass is 32.2. The SMILES string of the molecule is CC(CCN)SCC(=O)Nc1sccc1C(N)=O. The lowest BCUT2D eigenvalue weighted by molar-refractivity contribution is -0.113. The number of thiophene rings is 1. The predicted molar refractivity (Wildman–Crippen MR) is 77.1 cm³/mol. The van der Waals surface area contributed by atoms with Crippen LogP contribution in [0.15, 0.2) is 11.4 Å². The van der Waals surface area contributed by atoms with Gasteiger partial charge in [-0.1, -0.05) is 6.92 Å². The van der Waals surface area contributed by atoms with Gasteiger partial charge in [-0.3, -0.25) is 9.59 Å². The zero-order valence-corrected chi connectivity index (χ0v) is 11.8. The number of hydrogen-bond acceptors (Lipinski definition) is 5. The summed E-state index contributed by atoms with van der Waals surface area (Å²) in [7, 11) is 0. The van der Waals surface area contributed by atoms with Crippen molar-refractivity contribution in [3.8, 4) is 0 Å². The van der Waals surface area contributed by atoms with E-state index in [0.717, 1.165) is 6.42 Å². The molecular formula is C11H17N3O2S2. The third kappa shape index (κ3) is 4.67. The van der Waals surface area contributed by atoms with Crippen molar-refractivity contribution < 1.29 is 9.59 Å². The van der Waals surface area contributed by atoms with Crippen molar-refractivity contribution in [1.29, 1.82) is 0 Å². The van der Waals surface area contributed by atoms with E-state index in [-0.39, 0.29) is 5.91 Å². The molecule has 0 bridgehead atoms. The third-order valence-electron chi connectivity index (χ3n) is 2.26. The van der Waals surface area contributed by atoms with Gasteiger partial charge in [-0.15, -0.1) is 23.1 Å². The minimum absolute atomic E-state index is 0.131. The summed E-state index contributed by atoms with van der Waals surface area (Å²) in [5.41, 5.74) is 11.0. The second-order valence-electron chi connectivity index (χ2n) is 3.77. The van der Waals surface area contributed by atoms with Gasteiger partial charge in [-0.25, -0.2) is 0 Å². The summed E-state index contributed by atoms with van der Waals surface area (Å²) in [5, 5.41) is 5.28. The fourth-order valence-corrected chi connectivity index (χ4v) is 2.92. The Morgan fingerprint density at radius 3 is 2.89 bits per heavy atom. The quantitative estimate of drug-likeness (QED) is 0.703. The van der Waals surface area contributed by atoms with Crippen LogP contribution in [-0.4, -0.2) is 29.4 Å². The van der Waals surface area contributed by atoms with E-state index in [4.69, 9.17) is 11.5 Å². The first-order valence-corrected chi connectivity index (χ1v) is 7.46. The fourth-order valence-electron chi connectivity index (χ4n) is 1.30. The van der Waals surface area contributed by atoms with Gasteiger partial charge in [0.1, 0.15) is 5.00 Å². The molecule has 1 heterocycles. The molecule has 0 aliphatic carbocycles. The van der Waals surface area contributed by atoms with Crippen LogP contribution in [0.5, 0.6) is 0 Å². The standard InChI is InChI=1S/C11H17N3O2S2/c1-7(2-4-12)18-6-9(15)14-11-8(10(13)16)3-5-17-11/h3,5,7H,2,4,6,12H2,1H3,(H2,13,16)(H,14,15). The highest BCUT2D eigenvalue weighted by molar-refractivity contribution is 8.00. The second-order valence-corrected chi connectivity index (χ2v) is 6.12. The first-order valence-electron chi connectivity index (χ1n) is 5.53. The summed E-state index contributed by atoms with van der Waals surface area (Å²) in [6.45, 7) is 2.65. The Bertz CT molecular complexity index is 420. The summed E-state index contributed by atoms with van der Waals surface area (Å²) in [6.07, 6.45) is 0.878. The number of thioether (sulfide) groups is 1. The molecule has 5 N–H and O–H groups in total. The van der Waals surface area contributed by atoms with Gasteiger partial charge in [0.15, 0.2) is 0 Å². The third-order valence-corrected chi connectivity index (χ3v) is 4.32. The zero-order chi connectivity index (χ0) is 13.5. The molecule has 1 atom stereocenters. The first kappa shape index (κ1) is 15.0. The van der Waals surface area contributed by atoms with E-state index in [0.29, 0.717) is 28.1 Å². The Hall–Kier alpha value is -1.05. The van der Waals surface area contributed by atoms with Gasteiger partial charge >= 0.3 is 0 Å². The van der Waals surface area contributed by atoms with Crippen LogP contribution in [0.3, 0.4) is 0 Å². The van der Waals surface area contributed by atoms with Crippen molar-refractivity contribution in [1.82, 2.24) is 0 Å². The predicted octanol–water partition coefficient (Wildman–Crippen LogP) is 1.26. The molecule has 0 aliphatic heterocycles. The van der Waals surface area contributed by atoms with Gasteiger partial charge in [0, 0.05) is 5.25 Å². The van der Waals surface area contributed by atoms with Gasteiger partial charge in [0.25, 0.3) is 5.91 Å². The van der Waals surface area contributed by atoms with E-state index in [1.165, 1.54) is 11.3 Å². The number of carbonyl (C=O) groups is 2. The van der Waals surface area contributed by atoms with Crippen molar-refractivity contribution in [3.05, 3.63) is 17.0 Å². The Kier molecular flexibility index (Phi) is 6.17. The lowest BCUT2D eigenvalue weighted by Gasteiger charge is -2.09. The van der Waals surface area contributed by atoms with Gasteiger partial charge in [-0.2, -0.15) is 0 Å². The normalized spacial score (nSPS) is 12.1. The Balaban J connectivity index is 2.45.